The van der Waals surface area contributed by atoms with E-state index in [1.54, 1.807) is 0 Å². The van der Waals surface area contributed by atoms with Crippen molar-refractivity contribution in [2.24, 2.45) is 11.8 Å². The van der Waals surface area contributed by atoms with Gasteiger partial charge in [-0.2, -0.15) is 0 Å². The molecule has 2 aromatic carbocycles. The molecule has 2 aliphatic rings. The standard InChI is InChI=1S/C44H56Cl2N8O4/c1-27(2)39(51-37(55)11-5-21-45)43(57)53-23-7-9-35(53)41-47-25-33(49-41)31-17-13-29(14-18-31)30-15-19-32(20-16-30)34-26-48-42(50-34)36-10-8-24-54(36)44(58)40(28(3)4)52-38(56)12-6-22-46/h13-20,25-28,35-36,39-40H,5-12,21-24H2,1-4H3,(H,47,49)(H,48,50)(H,51,55)(H,52,56). The second kappa shape index (κ2) is 19.8. The molecule has 2 aromatic heterocycles. The van der Waals surface area contributed by atoms with Crippen molar-refractivity contribution in [2.75, 3.05) is 24.8 Å². The molecule has 0 bridgehead atoms. The molecular weight excluding hydrogens is 775 g/mol. The minimum atomic E-state index is -0.603. The molecule has 2 fully saturated rings. The number of benzene rings is 2. The number of imidazole rings is 2. The van der Waals surface area contributed by atoms with E-state index in [1.807, 2.05) is 49.9 Å². The number of likely N-dealkylation sites (tertiary alicyclic amines) is 2. The highest BCUT2D eigenvalue weighted by Gasteiger charge is 2.38. The van der Waals surface area contributed by atoms with E-state index in [4.69, 9.17) is 33.2 Å². The van der Waals surface area contributed by atoms with Crippen LogP contribution in [-0.4, -0.2) is 90.3 Å². The molecule has 4 atom stereocenters. The quantitative estimate of drug-likeness (QED) is 0.0797. The summed E-state index contributed by atoms with van der Waals surface area (Å²) in [6.07, 6.45) is 8.70. The molecule has 2 saturated heterocycles. The SMILES string of the molecule is CC(C)C(NC(=O)CCCCl)C(=O)N1CCCC1c1ncc(-c2ccc(-c3ccc(-c4cnc(C5CCCN5C(=O)C(NC(=O)CCCCl)C(C)C)[nH]4)cc3)cc2)[nH]1. The molecule has 4 amide bonds. The van der Waals surface area contributed by atoms with E-state index >= 15 is 0 Å². The molecule has 14 heteroatoms. The summed E-state index contributed by atoms with van der Waals surface area (Å²) in [5.74, 6) is 1.71. The van der Waals surface area contributed by atoms with E-state index in [9.17, 15) is 19.2 Å². The number of rotatable bonds is 17. The number of aromatic amines is 2. The number of aromatic nitrogens is 4. The van der Waals surface area contributed by atoms with Crippen LogP contribution in [0.1, 0.15) is 103 Å². The highest BCUT2D eigenvalue weighted by atomic mass is 35.5. The summed E-state index contributed by atoms with van der Waals surface area (Å²) >= 11 is 11.5. The summed E-state index contributed by atoms with van der Waals surface area (Å²) in [6, 6.07) is 15.0. The zero-order valence-corrected chi connectivity index (χ0v) is 35.4. The van der Waals surface area contributed by atoms with Crippen LogP contribution >= 0.6 is 23.2 Å². The third-order valence-electron chi connectivity index (χ3n) is 11.2. The van der Waals surface area contributed by atoms with Crippen LogP contribution in [-0.2, 0) is 19.2 Å². The van der Waals surface area contributed by atoms with Gasteiger partial charge >= 0.3 is 0 Å². The van der Waals surface area contributed by atoms with Crippen LogP contribution in [0.25, 0.3) is 33.6 Å². The van der Waals surface area contributed by atoms with Gasteiger partial charge in [-0.05, 0) is 72.6 Å². The Labute approximate surface area is 351 Å². The highest BCUT2D eigenvalue weighted by Crippen LogP contribution is 2.35. The second-order valence-electron chi connectivity index (χ2n) is 16.1. The fourth-order valence-electron chi connectivity index (χ4n) is 7.95. The van der Waals surface area contributed by atoms with Crippen LogP contribution in [0.4, 0.5) is 0 Å². The molecule has 0 saturated carbocycles. The Kier molecular flexibility index (Phi) is 14.7. The van der Waals surface area contributed by atoms with E-state index in [0.717, 1.165) is 71.0 Å². The Morgan fingerprint density at radius 1 is 0.638 bits per heavy atom. The van der Waals surface area contributed by atoms with E-state index < -0.39 is 12.1 Å². The van der Waals surface area contributed by atoms with Crippen LogP contribution in [0.2, 0.25) is 0 Å². The maximum absolute atomic E-state index is 13.7. The van der Waals surface area contributed by atoms with Crippen LogP contribution in [0, 0.1) is 11.8 Å². The normalized spacial score (nSPS) is 17.9. The number of nitrogens with one attached hydrogen (secondary N) is 4. The number of halogens is 2. The van der Waals surface area contributed by atoms with Gasteiger partial charge in [0.1, 0.15) is 23.7 Å². The largest absolute Gasteiger partial charge is 0.344 e. The van der Waals surface area contributed by atoms with E-state index in [2.05, 4.69) is 69.1 Å². The molecular formula is C44H56Cl2N8O4. The van der Waals surface area contributed by atoms with Gasteiger partial charge in [0.2, 0.25) is 23.6 Å². The maximum Gasteiger partial charge on any atom is 0.246 e. The minimum Gasteiger partial charge on any atom is -0.344 e. The molecule has 310 valence electrons. The number of hydrogen-bond donors (Lipinski definition) is 4. The van der Waals surface area contributed by atoms with Crippen molar-refractivity contribution >= 4 is 46.8 Å². The molecule has 6 rings (SSSR count). The summed E-state index contributed by atoms with van der Waals surface area (Å²) in [6.45, 7) is 9.03. The van der Waals surface area contributed by atoms with Gasteiger partial charge in [0.25, 0.3) is 0 Å². The first-order valence-electron chi connectivity index (χ1n) is 20.6. The van der Waals surface area contributed by atoms with Crippen molar-refractivity contribution < 1.29 is 19.2 Å². The number of nitrogens with zero attached hydrogens (tertiary/aromatic N) is 4. The predicted octanol–water partition coefficient (Wildman–Crippen LogP) is 7.78. The lowest BCUT2D eigenvalue weighted by atomic mass is 10.0. The number of alkyl halides is 2. The summed E-state index contributed by atoms with van der Waals surface area (Å²) in [5.41, 5.74) is 5.84. The van der Waals surface area contributed by atoms with Gasteiger partial charge in [-0.3, -0.25) is 19.2 Å². The van der Waals surface area contributed by atoms with E-state index in [0.29, 0.717) is 50.5 Å². The Morgan fingerprint density at radius 3 is 1.34 bits per heavy atom. The molecule has 0 radical (unpaired) electrons. The van der Waals surface area contributed by atoms with Crippen molar-refractivity contribution in [2.45, 2.75) is 103 Å². The van der Waals surface area contributed by atoms with Gasteiger partial charge in [0.05, 0.1) is 35.9 Å². The summed E-state index contributed by atoms with van der Waals surface area (Å²) in [7, 11) is 0. The molecule has 0 spiro atoms. The topological polar surface area (TPSA) is 156 Å². The van der Waals surface area contributed by atoms with E-state index in [1.165, 1.54) is 0 Å². The zero-order chi connectivity index (χ0) is 41.3. The molecule has 4 N–H and O–H groups in total. The van der Waals surface area contributed by atoms with Crippen LogP contribution in [0.15, 0.2) is 60.9 Å². The Hall–Kier alpha value is -4.68. The average molecular weight is 832 g/mol. The average Bonchev–Trinajstić information content (AvgIpc) is 4.07. The Bertz CT molecular complexity index is 1870. The van der Waals surface area contributed by atoms with Crippen molar-refractivity contribution in [3.63, 3.8) is 0 Å². The van der Waals surface area contributed by atoms with Crippen LogP contribution in [0.3, 0.4) is 0 Å². The molecule has 58 heavy (non-hydrogen) atoms. The number of hydrogen-bond acceptors (Lipinski definition) is 6. The first-order valence-corrected chi connectivity index (χ1v) is 21.7. The number of carbonyl (C=O) groups is 4. The summed E-state index contributed by atoms with van der Waals surface area (Å²) in [4.78, 5) is 72.5. The summed E-state index contributed by atoms with van der Waals surface area (Å²) in [5, 5.41) is 5.89. The molecule has 4 unspecified atom stereocenters. The van der Waals surface area contributed by atoms with Gasteiger partial charge in [-0.25, -0.2) is 9.97 Å². The second-order valence-corrected chi connectivity index (χ2v) is 16.8. The van der Waals surface area contributed by atoms with Gasteiger partial charge < -0.3 is 30.4 Å². The summed E-state index contributed by atoms with van der Waals surface area (Å²) < 4.78 is 0. The lowest BCUT2D eigenvalue weighted by Gasteiger charge is -2.30. The predicted molar refractivity (Wildman–Crippen MR) is 228 cm³/mol. The highest BCUT2D eigenvalue weighted by molar-refractivity contribution is 6.18. The van der Waals surface area contributed by atoms with Crippen molar-refractivity contribution in [1.29, 1.82) is 0 Å². The van der Waals surface area contributed by atoms with Crippen molar-refractivity contribution in [3.05, 3.63) is 72.6 Å². The number of H-pyrrole nitrogens is 2. The molecule has 4 heterocycles. The molecule has 2 aliphatic heterocycles. The van der Waals surface area contributed by atoms with Gasteiger partial charge in [0, 0.05) is 37.7 Å². The van der Waals surface area contributed by atoms with E-state index in [-0.39, 0.29) is 47.5 Å². The molecule has 12 nitrogen and oxygen atoms in total. The van der Waals surface area contributed by atoms with Gasteiger partial charge in [-0.15, -0.1) is 23.2 Å². The van der Waals surface area contributed by atoms with Gasteiger partial charge in [-0.1, -0.05) is 76.2 Å². The lowest BCUT2D eigenvalue weighted by molar-refractivity contribution is -0.138. The van der Waals surface area contributed by atoms with Crippen LogP contribution < -0.4 is 10.6 Å². The zero-order valence-electron chi connectivity index (χ0n) is 33.9. The molecule has 4 aromatic rings. The first-order chi connectivity index (χ1) is 28.0. The third-order valence-corrected chi connectivity index (χ3v) is 11.7. The van der Waals surface area contributed by atoms with Gasteiger partial charge in [0.15, 0.2) is 0 Å². The number of amides is 4. The first kappa shape index (κ1) is 42.9. The fraction of sp³-hybridized carbons (Fsp3) is 0.500. The Balaban J connectivity index is 1.09. The Morgan fingerprint density at radius 2 is 1.00 bits per heavy atom. The van der Waals surface area contributed by atoms with Crippen molar-refractivity contribution in [1.82, 2.24) is 40.4 Å². The third kappa shape index (κ3) is 10.1. The van der Waals surface area contributed by atoms with Crippen molar-refractivity contribution in [3.8, 4) is 33.6 Å². The fourth-order valence-corrected chi connectivity index (χ4v) is 8.22. The minimum absolute atomic E-state index is 0.0569. The maximum atomic E-state index is 13.7. The molecule has 0 aliphatic carbocycles. The smallest absolute Gasteiger partial charge is 0.246 e. The van der Waals surface area contributed by atoms with Crippen LogP contribution in [0.5, 0.6) is 0 Å². The monoisotopic (exact) mass is 830 g/mol. The lowest BCUT2D eigenvalue weighted by Crippen LogP contribution is -2.51. The number of carbonyl (C=O) groups excluding carboxylic acids is 4.